The van der Waals surface area contributed by atoms with Crippen molar-refractivity contribution in [3.63, 3.8) is 0 Å². The van der Waals surface area contributed by atoms with Gasteiger partial charge in [0, 0.05) is 0 Å². The monoisotopic (exact) mass is 220 g/mol. The zero-order chi connectivity index (χ0) is 11.8. The molecule has 2 aliphatic carbocycles. The number of fused-ring (bicyclic) bond motifs is 1. The molecule has 2 saturated carbocycles. The summed E-state index contributed by atoms with van der Waals surface area (Å²) in [7, 11) is 0. The number of allylic oxidation sites excluding steroid dienone is 2. The van der Waals surface area contributed by atoms with Crippen LogP contribution in [0.5, 0.6) is 0 Å². The summed E-state index contributed by atoms with van der Waals surface area (Å²) < 4.78 is 0. The van der Waals surface area contributed by atoms with Crippen LogP contribution in [-0.4, -0.2) is 11.7 Å². The van der Waals surface area contributed by atoms with E-state index in [2.05, 4.69) is 19.6 Å². The standard InChI is InChI=1S/C15H24O/c1-11(10-16)5-4-6-13(3)15-8-7-12(2)14(15)9-15/h5,13-14,16H,2,4,6-10H2,1,3H3/b11-5+/t13-,14?,15?/m1/s1. The van der Waals surface area contributed by atoms with Gasteiger partial charge in [0.1, 0.15) is 0 Å². The molecule has 2 unspecified atom stereocenters. The third-order valence-electron chi connectivity index (χ3n) is 4.85. The summed E-state index contributed by atoms with van der Waals surface area (Å²) in [5.74, 6) is 1.67. The molecule has 0 radical (unpaired) electrons. The van der Waals surface area contributed by atoms with E-state index in [4.69, 9.17) is 5.11 Å². The van der Waals surface area contributed by atoms with Crippen molar-refractivity contribution >= 4 is 0 Å². The first-order valence-electron chi connectivity index (χ1n) is 6.54. The normalized spacial score (nSPS) is 35.1. The second-order valence-electron chi connectivity index (χ2n) is 5.84. The summed E-state index contributed by atoms with van der Waals surface area (Å²) >= 11 is 0. The van der Waals surface area contributed by atoms with Gasteiger partial charge in [0.15, 0.2) is 0 Å². The van der Waals surface area contributed by atoms with E-state index in [-0.39, 0.29) is 6.61 Å². The van der Waals surface area contributed by atoms with E-state index in [1.165, 1.54) is 31.3 Å². The molecule has 2 aliphatic rings. The van der Waals surface area contributed by atoms with Crippen LogP contribution in [0.1, 0.15) is 46.0 Å². The van der Waals surface area contributed by atoms with Gasteiger partial charge in [-0.15, -0.1) is 0 Å². The Hall–Kier alpha value is -0.560. The highest BCUT2D eigenvalue weighted by molar-refractivity contribution is 5.26. The van der Waals surface area contributed by atoms with Crippen molar-refractivity contribution in [1.29, 1.82) is 0 Å². The first kappa shape index (κ1) is 11.9. The maximum atomic E-state index is 8.93. The molecule has 0 saturated heterocycles. The Morgan fingerprint density at radius 1 is 1.69 bits per heavy atom. The molecular formula is C15H24O. The molecule has 2 rings (SSSR count). The van der Waals surface area contributed by atoms with Gasteiger partial charge < -0.3 is 5.11 Å². The van der Waals surface area contributed by atoms with Crippen molar-refractivity contribution in [1.82, 2.24) is 0 Å². The summed E-state index contributed by atoms with van der Waals surface area (Å²) in [5.41, 5.74) is 3.25. The summed E-state index contributed by atoms with van der Waals surface area (Å²) in [6, 6.07) is 0. The SMILES string of the molecule is C=C1CCC2([C@H](C)CC/C=C(\C)CO)CC12. The molecule has 0 bridgehead atoms. The van der Waals surface area contributed by atoms with Crippen LogP contribution in [0.25, 0.3) is 0 Å². The number of hydrogen-bond donors (Lipinski definition) is 1. The minimum absolute atomic E-state index is 0.207. The van der Waals surface area contributed by atoms with Crippen molar-refractivity contribution in [3.05, 3.63) is 23.8 Å². The maximum Gasteiger partial charge on any atom is 0.0639 e. The van der Waals surface area contributed by atoms with Gasteiger partial charge in [0.05, 0.1) is 6.61 Å². The number of hydrogen-bond acceptors (Lipinski definition) is 1. The first-order chi connectivity index (χ1) is 7.60. The van der Waals surface area contributed by atoms with Crippen molar-refractivity contribution < 1.29 is 5.11 Å². The Morgan fingerprint density at radius 2 is 2.44 bits per heavy atom. The quantitative estimate of drug-likeness (QED) is 0.700. The van der Waals surface area contributed by atoms with E-state index in [1.54, 1.807) is 0 Å². The highest BCUT2D eigenvalue weighted by Crippen LogP contribution is 2.69. The van der Waals surface area contributed by atoms with Gasteiger partial charge in [0.25, 0.3) is 0 Å². The van der Waals surface area contributed by atoms with Crippen molar-refractivity contribution in [2.24, 2.45) is 17.3 Å². The molecule has 1 N–H and O–H groups in total. The smallest absolute Gasteiger partial charge is 0.0639 e. The number of rotatable bonds is 5. The molecule has 2 fully saturated rings. The minimum atomic E-state index is 0.207. The molecule has 0 aromatic rings. The van der Waals surface area contributed by atoms with Gasteiger partial charge in [-0.2, -0.15) is 0 Å². The van der Waals surface area contributed by atoms with Crippen LogP contribution in [0.3, 0.4) is 0 Å². The van der Waals surface area contributed by atoms with Gasteiger partial charge in [0.2, 0.25) is 0 Å². The molecule has 0 heterocycles. The number of aliphatic hydroxyl groups is 1. The molecular weight excluding hydrogens is 196 g/mol. The van der Waals surface area contributed by atoms with E-state index in [9.17, 15) is 0 Å². The molecule has 3 atom stereocenters. The third kappa shape index (κ3) is 1.98. The van der Waals surface area contributed by atoms with Crippen LogP contribution >= 0.6 is 0 Å². The molecule has 16 heavy (non-hydrogen) atoms. The lowest BCUT2D eigenvalue weighted by atomic mass is 9.85. The van der Waals surface area contributed by atoms with Crippen LogP contribution in [0.2, 0.25) is 0 Å². The molecule has 90 valence electrons. The molecule has 1 heteroatoms. The second kappa shape index (κ2) is 4.37. The Kier molecular flexibility index (Phi) is 3.25. The average Bonchev–Trinajstić information content (AvgIpc) is 2.94. The lowest BCUT2D eigenvalue weighted by Crippen LogP contribution is -2.11. The minimum Gasteiger partial charge on any atom is -0.392 e. The van der Waals surface area contributed by atoms with Crippen LogP contribution in [0.15, 0.2) is 23.8 Å². The Morgan fingerprint density at radius 3 is 2.94 bits per heavy atom. The van der Waals surface area contributed by atoms with Crippen LogP contribution < -0.4 is 0 Å². The number of aliphatic hydroxyl groups excluding tert-OH is 1. The first-order valence-corrected chi connectivity index (χ1v) is 6.54. The molecule has 1 nitrogen and oxygen atoms in total. The predicted octanol–water partition coefficient (Wildman–Crippen LogP) is 3.70. The summed E-state index contributed by atoms with van der Waals surface area (Å²) in [5, 5.41) is 8.93. The van der Waals surface area contributed by atoms with Crippen LogP contribution in [-0.2, 0) is 0 Å². The Balaban J connectivity index is 1.82. The van der Waals surface area contributed by atoms with Crippen molar-refractivity contribution in [2.45, 2.75) is 46.0 Å². The van der Waals surface area contributed by atoms with Crippen LogP contribution in [0, 0.1) is 17.3 Å². The molecule has 0 aliphatic heterocycles. The molecule has 0 aromatic carbocycles. The highest BCUT2D eigenvalue weighted by Gasteiger charge is 2.60. The zero-order valence-corrected chi connectivity index (χ0v) is 10.6. The topological polar surface area (TPSA) is 20.2 Å². The fourth-order valence-corrected chi connectivity index (χ4v) is 3.44. The van der Waals surface area contributed by atoms with E-state index in [0.29, 0.717) is 5.41 Å². The summed E-state index contributed by atoms with van der Waals surface area (Å²) in [6.07, 6.45) is 8.61. The van der Waals surface area contributed by atoms with E-state index in [1.807, 2.05) is 6.92 Å². The Bertz CT molecular complexity index is 315. The van der Waals surface area contributed by atoms with Gasteiger partial charge in [-0.3, -0.25) is 0 Å². The highest BCUT2D eigenvalue weighted by atomic mass is 16.3. The lowest BCUT2D eigenvalue weighted by Gasteiger charge is -2.20. The second-order valence-corrected chi connectivity index (χ2v) is 5.84. The zero-order valence-electron chi connectivity index (χ0n) is 10.6. The van der Waals surface area contributed by atoms with E-state index >= 15 is 0 Å². The Labute approximate surface area is 99.3 Å². The molecule has 0 aromatic heterocycles. The largest absolute Gasteiger partial charge is 0.392 e. The molecule has 0 spiro atoms. The lowest BCUT2D eigenvalue weighted by molar-refractivity contribution is 0.300. The van der Waals surface area contributed by atoms with E-state index in [0.717, 1.165) is 23.8 Å². The summed E-state index contributed by atoms with van der Waals surface area (Å²) in [4.78, 5) is 0. The fraction of sp³-hybridized carbons (Fsp3) is 0.733. The van der Waals surface area contributed by atoms with Gasteiger partial charge in [-0.1, -0.05) is 30.7 Å². The third-order valence-corrected chi connectivity index (χ3v) is 4.85. The summed E-state index contributed by atoms with van der Waals surface area (Å²) in [6.45, 7) is 8.79. The van der Waals surface area contributed by atoms with E-state index < -0.39 is 0 Å². The maximum absolute atomic E-state index is 8.93. The van der Waals surface area contributed by atoms with Gasteiger partial charge >= 0.3 is 0 Å². The fourth-order valence-electron chi connectivity index (χ4n) is 3.44. The predicted molar refractivity (Wildman–Crippen MR) is 68.2 cm³/mol. The van der Waals surface area contributed by atoms with Crippen molar-refractivity contribution in [2.75, 3.05) is 6.61 Å². The van der Waals surface area contributed by atoms with Crippen LogP contribution in [0.4, 0.5) is 0 Å². The van der Waals surface area contributed by atoms with Gasteiger partial charge in [-0.25, -0.2) is 0 Å². The molecule has 0 amide bonds. The average molecular weight is 220 g/mol. The van der Waals surface area contributed by atoms with Crippen molar-refractivity contribution in [3.8, 4) is 0 Å². The van der Waals surface area contributed by atoms with Gasteiger partial charge in [-0.05, 0) is 56.3 Å².